The van der Waals surface area contributed by atoms with Crippen molar-refractivity contribution in [2.24, 2.45) is 0 Å². The minimum Gasteiger partial charge on any atom is -0.756 e. The van der Waals surface area contributed by atoms with E-state index in [1.54, 1.807) is 0 Å². The van der Waals surface area contributed by atoms with Gasteiger partial charge >= 0.3 is 0 Å². The number of aliphatic hydroxyl groups excluding tert-OH is 1. The number of quaternary nitrogens is 1. The van der Waals surface area contributed by atoms with Gasteiger partial charge in [0.05, 0.1) is 27.2 Å². The summed E-state index contributed by atoms with van der Waals surface area (Å²) in [5, 5.41) is 9.00. The van der Waals surface area contributed by atoms with Crippen LogP contribution in [0.15, 0.2) is 0 Å². The van der Waals surface area contributed by atoms with E-state index in [9.17, 15) is 0 Å². The van der Waals surface area contributed by atoms with Crippen LogP contribution in [0.4, 0.5) is 0 Å². The molecule has 0 aliphatic carbocycles. The Balaban J connectivity index is 0. The van der Waals surface area contributed by atoms with Crippen LogP contribution in [0.2, 0.25) is 0 Å². The number of likely N-dealkylation sites (N-methyl/N-ethyl adjacent to an activating group) is 1. The number of nitrogens with zero attached hydrogens (tertiary/aromatic N) is 1. The molecule has 7 heteroatoms. The molecule has 0 rings (SSSR count). The summed E-state index contributed by atoms with van der Waals surface area (Å²) in [4.78, 5) is 22.9. The summed E-state index contributed by atoms with van der Waals surface area (Å²) in [6.07, 6.45) is 19.9. The molecule has 27 heavy (non-hydrogen) atoms. The summed E-state index contributed by atoms with van der Waals surface area (Å²) >= 11 is 0. The normalized spacial score (nSPS) is 12.0. The van der Waals surface area contributed by atoms with Crippen LogP contribution in [0.5, 0.6) is 0 Å². The number of rotatable bonds is 17. The second-order valence-electron chi connectivity index (χ2n) is 8.19. The molecule has 0 fully saturated rings. The van der Waals surface area contributed by atoms with E-state index >= 15 is 0 Å². The van der Waals surface area contributed by atoms with Crippen molar-refractivity contribution in [2.45, 2.75) is 96.8 Å². The maximum absolute atomic E-state index is 9.00. The third kappa shape index (κ3) is 34.0. The minimum absolute atomic E-state index is 0.311. The van der Waals surface area contributed by atoms with Gasteiger partial charge in [-0.25, -0.2) is 0 Å². The maximum Gasteiger partial charge on any atom is 0.262 e. The summed E-state index contributed by atoms with van der Waals surface area (Å²) < 4.78 is 9.74. The van der Waals surface area contributed by atoms with Crippen molar-refractivity contribution in [2.75, 3.05) is 33.8 Å². The van der Waals surface area contributed by atoms with Gasteiger partial charge in [0, 0.05) is 0 Å². The molecule has 0 aromatic rings. The molecule has 0 aliphatic heterocycles. The third-order valence-corrected chi connectivity index (χ3v) is 4.82. The van der Waals surface area contributed by atoms with E-state index in [2.05, 4.69) is 21.0 Å². The Labute approximate surface area is 167 Å². The number of aliphatic hydroxyl groups is 1. The topological polar surface area (TPSA) is 101 Å². The lowest BCUT2D eigenvalue weighted by Gasteiger charge is -2.28. The van der Waals surface area contributed by atoms with Crippen LogP contribution in [-0.2, 0) is 4.57 Å². The van der Waals surface area contributed by atoms with Crippen molar-refractivity contribution in [3.63, 3.8) is 0 Å². The molecule has 0 bridgehead atoms. The highest BCUT2D eigenvalue weighted by molar-refractivity contribution is 7.43. The summed E-state index contributed by atoms with van der Waals surface area (Å²) in [6, 6.07) is 0. The molecule has 6 nitrogen and oxygen atoms in total. The predicted molar refractivity (Wildman–Crippen MR) is 111 cm³/mol. The maximum atomic E-state index is 9.00. The van der Waals surface area contributed by atoms with E-state index in [4.69, 9.17) is 24.4 Å². The van der Waals surface area contributed by atoms with Crippen LogP contribution in [0.1, 0.15) is 96.8 Å². The van der Waals surface area contributed by atoms with Gasteiger partial charge in [0.25, 0.3) is 7.82 Å². The fourth-order valence-electron chi connectivity index (χ4n) is 3.12. The lowest BCUT2D eigenvalue weighted by molar-refractivity contribution is -0.890. The summed E-state index contributed by atoms with van der Waals surface area (Å²) in [7, 11) is -0.447. The average molecular weight is 412 g/mol. The summed E-state index contributed by atoms with van der Waals surface area (Å²) in [5.74, 6) is 0. The van der Waals surface area contributed by atoms with Gasteiger partial charge in [0.1, 0.15) is 6.54 Å². The van der Waals surface area contributed by atoms with Crippen molar-refractivity contribution in [1.29, 1.82) is 0 Å². The van der Waals surface area contributed by atoms with Crippen LogP contribution >= 0.6 is 7.82 Å². The molecule has 3 N–H and O–H groups in total. The molecule has 0 amide bonds. The lowest BCUT2D eigenvalue weighted by Crippen LogP contribution is -2.42. The number of hydrogen-bond acceptors (Lipinski definition) is 3. The molecule has 166 valence electrons. The third-order valence-electron chi connectivity index (χ3n) is 4.82. The SMILES string of the molecule is CCCCCCCCCCCCCCCC[N+](C)(C)CCO.O=P([O-])(O)O. The molecular weight excluding hydrogens is 365 g/mol. The second kappa shape index (κ2) is 19.4. The second-order valence-corrected chi connectivity index (χ2v) is 9.17. The fraction of sp³-hybridized carbons (Fsp3) is 1.00. The van der Waals surface area contributed by atoms with E-state index in [1.165, 1.54) is 96.4 Å². The molecule has 0 unspecified atom stereocenters. The molecule has 0 aromatic carbocycles. The summed E-state index contributed by atoms with van der Waals surface area (Å²) in [6.45, 7) is 4.69. The van der Waals surface area contributed by atoms with Crippen LogP contribution < -0.4 is 4.89 Å². The number of unbranched alkanes of at least 4 members (excludes halogenated alkanes) is 13. The molecular formula is C20H46NO5P. The molecule has 0 saturated carbocycles. The zero-order valence-electron chi connectivity index (χ0n) is 18.1. The van der Waals surface area contributed by atoms with E-state index in [0.717, 1.165) is 11.0 Å². The van der Waals surface area contributed by atoms with Crippen molar-refractivity contribution >= 4 is 7.82 Å². The lowest BCUT2D eigenvalue weighted by atomic mass is 10.0. The number of hydrogen-bond donors (Lipinski definition) is 3. The largest absolute Gasteiger partial charge is 0.756 e. The van der Waals surface area contributed by atoms with E-state index < -0.39 is 7.82 Å². The minimum atomic E-state index is -4.89. The first-order valence-corrected chi connectivity index (χ1v) is 12.3. The molecule has 0 saturated heterocycles. The van der Waals surface area contributed by atoms with Crippen molar-refractivity contribution in [1.82, 2.24) is 0 Å². The molecule has 0 atom stereocenters. The van der Waals surface area contributed by atoms with Crippen LogP contribution in [0.25, 0.3) is 0 Å². The van der Waals surface area contributed by atoms with Gasteiger partial charge in [-0.05, 0) is 12.8 Å². The average Bonchev–Trinajstić information content (AvgIpc) is 2.53. The van der Waals surface area contributed by atoms with Gasteiger partial charge < -0.3 is 24.3 Å². The monoisotopic (exact) mass is 411 g/mol. The molecule has 0 heterocycles. The van der Waals surface area contributed by atoms with Gasteiger partial charge in [-0.1, -0.05) is 84.0 Å². The number of phosphoric acid groups is 1. The van der Waals surface area contributed by atoms with Crippen LogP contribution in [0, 0.1) is 0 Å². The van der Waals surface area contributed by atoms with Gasteiger partial charge in [-0.15, -0.1) is 0 Å². The standard InChI is InChI=1S/C20H44NO.H3O4P/c1-4-5-6-7-8-9-10-11-12-13-14-15-16-17-18-21(2,3)19-20-22;1-5(2,3)4/h22H,4-20H2,1-3H3;(H3,1,2,3,4)/q+1;/p-1. The van der Waals surface area contributed by atoms with E-state index in [-0.39, 0.29) is 0 Å². The smallest absolute Gasteiger partial charge is 0.262 e. The van der Waals surface area contributed by atoms with Crippen molar-refractivity contribution in [3.05, 3.63) is 0 Å². The quantitative estimate of drug-likeness (QED) is 0.191. The van der Waals surface area contributed by atoms with Crippen LogP contribution in [0.3, 0.4) is 0 Å². The first-order chi connectivity index (χ1) is 12.6. The Bertz CT molecular complexity index is 339. The first kappa shape index (κ1) is 29.2. The van der Waals surface area contributed by atoms with Crippen molar-refractivity contribution in [3.8, 4) is 0 Å². The van der Waals surface area contributed by atoms with Gasteiger partial charge in [-0.3, -0.25) is 4.57 Å². The highest BCUT2D eigenvalue weighted by Gasteiger charge is 2.12. The predicted octanol–water partition coefficient (Wildman–Crippen LogP) is 3.98. The Morgan fingerprint density at radius 1 is 0.704 bits per heavy atom. The Morgan fingerprint density at radius 3 is 1.30 bits per heavy atom. The molecule has 0 spiro atoms. The van der Waals surface area contributed by atoms with E-state index in [1.807, 2.05) is 0 Å². The van der Waals surface area contributed by atoms with Gasteiger partial charge in [0.2, 0.25) is 0 Å². The molecule has 0 aromatic heterocycles. The highest BCUT2D eigenvalue weighted by atomic mass is 31.2. The Morgan fingerprint density at radius 2 is 1.00 bits per heavy atom. The Kier molecular flexibility index (Phi) is 21.0. The Hall–Kier alpha value is 0.0300. The zero-order valence-corrected chi connectivity index (χ0v) is 19.0. The van der Waals surface area contributed by atoms with Gasteiger partial charge in [0.15, 0.2) is 0 Å². The van der Waals surface area contributed by atoms with E-state index in [0.29, 0.717) is 6.61 Å². The molecule has 0 radical (unpaired) electrons. The molecule has 0 aliphatic rings. The van der Waals surface area contributed by atoms with Crippen molar-refractivity contribution < 1.29 is 28.8 Å². The first-order valence-electron chi connectivity index (χ1n) is 10.8. The highest BCUT2D eigenvalue weighted by Crippen LogP contribution is 2.19. The van der Waals surface area contributed by atoms with Gasteiger partial charge in [-0.2, -0.15) is 0 Å². The van der Waals surface area contributed by atoms with Crippen LogP contribution in [-0.4, -0.2) is 53.2 Å². The fourth-order valence-corrected chi connectivity index (χ4v) is 3.12. The zero-order chi connectivity index (χ0) is 21.0. The summed E-state index contributed by atoms with van der Waals surface area (Å²) in [5.41, 5.74) is 0.